The highest BCUT2D eigenvalue weighted by molar-refractivity contribution is 6.32. The van der Waals surface area contributed by atoms with Crippen molar-refractivity contribution in [1.82, 2.24) is 9.78 Å². The lowest BCUT2D eigenvalue weighted by molar-refractivity contribution is 0.0590. The maximum atomic E-state index is 13.1. The Bertz CT molecular complexity index is 758. The largest absolute Gasteiger partial charge is 0.464 e. The minimum atomic E-state index is -0.831. The molecule has 0 aliphatic heterocycles. The number of methoxy groups -OCH3 is 1. The van der Waals surface area contributed by atoms with Crippen molar-refractivity contribution in [2.45, 2.75) is 13.3 Å². The molecule has 0 atom stereocenters. The monoisotopic (exact) mass is 310 g/mol. The molecule has 1 aromatic carbocycles. The Kier molecular flexibility index (Phi) is 4.37. The molecule has 7 heteroatoms. The fourth-order valence-corrected chi connectivity index (χ4v) is 2.07. The smallest absolute Gasteiger partial charge is 0.362 e. The Labute approximate surface area is 124 Å². The second-order valence-corrected chi connectivity index (χ2v) is 4.62. The fourth-order valence-electron chi connectivity index (χ4n) is 1.81. The summed E-state index contributed by atoms with van der Waals surface area (Å²) in [6.45, 7) is 1.77. The average Bonchev–Trinajstić information content (AvgIpc) is 2.47. The van der Waals surface area contributed by atoms with Gasteiger partial charge in [0.25, 0.3) is 0 Å². The van der Waals surface area contributed by atoms with Gasteiger partial charge in [-0.25, -0.2) is 13.9 Å². The van der Waals surface area contributed by atoms with Crippen LogP contribution in [0.25, 0.3) is 5.69 Å². The van der Waals surface area contributed by atoms with Gasteiger partial charge in [-0.15, -0.1) is 0 Å². The van der Waals surface area contributed by atoms with E-state index in [0.29, 0.717) is 17.7 Å². The van der Waals surface area contributed by atoms with E-state index in [1.807, 2.05) is 0 Å². The van der Waals surface area contributed by atoms with E-state index in [2.05, 4.69) is 9.84 Å². The van der Waals surface area contributed by atoms with Crippen LogP contribution in [0.5, 0.6) is 0 Å². The summed E-state index contributed by atoms with van der Waals surface area (Å²) in [4.78, 5) is 23.7. The molecule has 2 aromatic rings. The zero-order chi connectivity index (χ0) is 15.6. The highest BCUT2D eigenvalue weighted by Gasteiger charge is 2.18. The van der Waals surface area contributed by atoms with Gasteiger partial charge in [0.1, 0.15) is 5.82 Å². The first kappa shape index (κ1) is 15.2. The molecule has 0 saturated carbocycles. The number of esters is 1. The van der Waals surface area contributed by atoms with Gasteiger partial charge in [-0.05, 0) is 24.6 Å². The van der Waals surface area contributed by atoms with Gasteiger partial charge in [0.05, 0.1) is 17.8 Å². The van der Waals surface area contributed by atoms with E-state index in [4.69, 9.17) is 11.6 Å². The first-order valence-electron chi connectivity index (χ1n) is 6.14. The molecular formula is C14H12ClFN2O3. The van der Waals surface area contributed by atoms with Crippen LogP contribution in [0, 0.1) is 5.82 Å². The molecule has 1 heterocycles. The second-order valence-electron chi connectivity index (χ2n) is 4.22. The van der Waals surface area contributed by atoms with Crippen molar-refractivity contribution >= 4 is 17.6 Å². The number of carbonyl (C=O) groups is 1. The molecule has 1 aromatic heterocycles. The summed E-state index contributed by atoms with van der Waals surface area (Å²) in [6.07, 6.45) is 1.87. The lowest BCUT2D eigenvalue weighted by Gasteiger charge is -2.10. The zero-order valence-electron chi connectivity index (χ0n) is 11.4. The highest BCUT2D eigenvalue weighted by atomic mass is 35.5. The quantitative estimate of drug-likeness (QED) is 0.817. The Morgan fingerprint density at radius 3 is 2.76 bits per heavy atom. The number of rotatable bonds is 3. The van der Waals surface area contributed by atoms with E-state index < -0.39 is 17.2 Å². The molecule has 2 rings (SSSR count). The van der Waals surface area contributed by atoms with Gasteiger partial charge < -0.3 is 4.74 Å². The topological polar surface area (TPSA) is 61.2 Å². The van der Waals surface area contributed by atoms with Crippen LogP contribution in [0.4, 0.5) is 4.39 Å². The summed E-state index contributed by atoms with van der Waals surface area (Å²) < 4.78 is 18.9. The SMILES string of the molecule is CCc1cn(-c2ccc(F)cc2Cl)nc(C(=O)OC)c1=O. The van der Waals surface area contributed by atoms with Crippen molar-refractivity contribution in [2.24, 2.45) is 0 Å². The number of ether oxygens (including phenoxy) is 1. The number of aromatic nitrogens is 2. The van der Waals surface area contributed by atoms with E-state index in [9.17, 15) is 14.0 Å². The predicted molar refractivity (Wildman–Crippen MR) is 75.5 cm³/mol. The number of hydrogen-bond donors (Lipinski definition) is 0. The summed E-state index contributed by atoms with van der Waals surface area (Å²) in [7, 11) is 1.16. The first-order chi connectivity index (χ1) is 9.97. The number of nitrogens with zero attached hydrogens (tertiary/aromatic N) is 2. The minimum absolute atomic E-state index is 0.115. The van der Waals surface area contributed by atoms with Crippen LogP contribution in [0.3, 0.4) is 0 Å². The van der Waals surface area contributed by atoms with E-state index in [1.165, 1.54) is 23.0 Å². The van der Waals surface area contributed by atoms with E-state index in [-0.39, 0.29) is 10.7 Å². The minimum Gasteiger partial charge on any atom is -0.464 e. The van der Waals surface area contributed by atoms with Gasteiger partial charge in [-0.3, -0.25) is 4.79 Å². The van der Waals surface area contributed by atoms with Crippen LogP contribution in [0.2, 0.25) is 5.02 Å². The summed E-state index contributed by atoms with van der Waals surface area (Å²) in [6, 6.07) is 3.75. The third kappa shape index (κ3) is 2.95. The van der Waals surface area contributed by atoms with Crippen LogP contribution in [0.15, 0.2) is 29.2 Å². The Morgan fingerprint density at radius 1 is 1.48 bits per heavy atom. The van der Waals surface area contributed by atoms with Gasteiger partial charge >= 0.3 is 5.97 Å². The van der Waals surface area contributed by atoms with Crippen molar-refractivity contribution in [3.8, 4) is 5.69 Å². The number of carbonyl (C=O) groups excluding carboxylic acids is 1. The maximum Gasteiger partial charge on any atom is 0.362 e. The van der Waals surface area contributed by atoms with Gasteiger partial charge in [0.15, 0.2) is 0 Å². The lowest BCUT2D eigenvalue weighted by atomic mass is 10.2. The maximum absolute atomic E-state index is 13.1. The van der Waals surface area contributed by atoms with Crippen LogP contribution >= 0.6 is 11.6 Å². The Hall–Kier alpha value is -2.21. The zero-order valence-corrected chi connectivity index (χ0v) is 12.1. The first-order valence-corrected chi connectivity index (χ1v) is 6.52. The van der Waals surface area contributed by atoms with E-state index in [0.717, 1.165) is 13.2 Å². The molecule has 0 fully saturated rings. The van der Waals surface area contributed by atoms with Crippen molar-refractivity contribution in [3.63, 3.8) is 0 Å². The van der Waals surface area contributed by atoms with Crippen molar-refractivity contribution in [2.75, 3.05) is 7.11 Å². The summed E-state index contributed by atoms with van der Waals surface area (Å²) >= 11 is 5.97. The predicted octanol–water partition coefficient (Wildman–Crippen LogP) is 2.37. The van der Waals surface area contributed by atoms with Crippen LogP contribution in [0.1, 0.15) is 23.0 Å². The van der Waals surface area contributed by atoms with Crippen LogP contribution in [-0.4, -0.2) is 22.9 Å². The van der Waals surface area contributed by atoms with Crippen molar-refractivity contribution in [1.29, 1.82) is 0 Å². The Balaban J connectivity index is 2.69. The molecule has 21 heavy (non-hydrogen) atoms. The van der Waals surface area contributed by atoms with Crippen molar-refractivity contribution < 1.29 is 13.9 Å². The van der Waals surface area contributed by atoms with Crippen LogP contribution < -0.4 is 5.43 Å². The second kappa shape index (κ2) is 6.05. The molecule has 0 aliphatic carbocycles. The molecule has 0 N–H and O–H groups in total. The number of benzene rings is 1. The average molecular weight is 311 g/mol. The summed E-state index contributed by atoms with van der Waals surface area (Å²) in [5.41, 5.74) is -0.0835. The number of hydrogen-bond acceptors (Lipinski definition) is 4. The van der Waals surface area contributed by atoms with Crippen LogP contribution in [-0.2, 0) is 11.2 Å². The summed E-state index contributed by atoms with van der Waals surface area (Å²) in [5, 5.41) is 4.05. The molecule has 5 nitrogen and oxygen atoms in total. The van der Waals surface area contributed by atoms with Gasteiger partial charge in [-0.1, -0.05) is 18.5 Å². The van der Waals surface area contributed by atoms with Gasteiger partial charge in [-0.2, -0.15) is 5.10 Å². The number of aryl methyl sites for hydroxylation is 1. The molecule has 0 amide bonds. The molecule has 0 saturated heterocycles. The molecular weight excluding hydrogens is 299 g/mol. The highest BCUT2D eigenvalue weighted by Crippen LogP contribution is 2.20. The molecule has 0 radical (unpaired) electrons. The normalized spacial score (nSPS) is 10.5. The Morgan fingerprint density at radius 2 is 2.19 bits per heavy atom. The number of halogens is 2. The summed E-state index contributed by atoms with van der Waals surface area (Å²) in [5.74, 6) is -1.32. The molecule has 0 unspecified atom stereocenters. The standard InChI is InChI=1S/C14H12ClFN2O3/c1-3-8-7-18(11-5-4-9(16)6-10(11)15)17-12(13(8)19)14(20)21-2/h4-7H,3H2,1-2H3. The van der Waals surface area contributed by atoms with E-state index >= 15 is 0 Å². The molecule has 0 aliphatic rings. The van der Waals surface area contributed by atoms with E-state index in [1.54, 1.807) is 6.92 Å². The molecule has 0 bridgehead atoms. The lowest BCUT2D eigenvalue weighted by Crippen LogP contribution is -2.25. The molecule has 0 spiro atoms. The van der Waals surface area contributed by atoms with Gasteiger partial charge in [0, 0.05) is 11.8 Å². The van der Waals surface area contributed by atoms with Gasteiger partial charge in [0.2, 0.25) is 11.1 Å². The third-order valence-electron chi connectivity index (χ3n) is 2.91. The molecule has 110 valence electrons. The third-order valence-corrected chi connectivity index (χ3v) is 3.21. The van der Waals surface area contributed by atoms with Crippen molar-refractivity contribution in [3.05, 3.63) is 56.7 Å². The fraction of sp³-hybridized carbons (Fsp3) is 0.214.